The smallest absolute Gasteiger partial charge is 0.253 e. The minimum absolute atomic E-state index is 0.0152. The van der Waals surface area contributed by atoms with E-state index in [1.165, 1.54) is 4.31 Å². The Morgan fingerprint density at radius 3 is 2.73 bits per heavy atom. The molecule has 0 saturated carbocycles. The van der Waals surface area contributed by atoms with Crippen LogP contribution in [0.4, 0.5) is 5.69 Å². The molecule has 0 unspecified atom stereocenters. The van der Waals surface area contributed by atoms with E-state index in [0.29, 0.717) is 37.2 Å². The zero-order valence-corrected chi connectivity index (χ0v) is 17.7. The first-order valence-electron chi connectivity index (χ1n) is 9.95. The number of amides is 2. The first kappa shape index (κ1) is 21.9. The SMILES string of the molecule is CCS(=O)(=O)N1CCC[C@H](C(=O)Nc2ccccc2C(=O)NCc2cccnc2)C1. The third-order valence-electron chi connectivity index (χ3n) is 5.12. The summed E-state index contributed by atoms with van der Waals surface area (Å²) in [5, 5.41) is 5.64. The molecule has 2 aromatic rings. The molecule has 0 bridgehead atoms. The average Bonchev–Trinajstić information content (AvgIpc) is 2.78. The third kappa shape index (κ3) is 5.43. The summed E-state index contributed by atoms with van der Waals surface area (Å²) in [6, 6.07) is 10.4. The molecule has 2 amide bonds. The lowest BCUT2D eigenvalue weighted by atomic mass is 9.98. The van der Waals surface area contributed by atoms with Crippen molar-refractivity contribution in [2.24, 2.45) is 5.92 Å². The van der Waals surface area contributed by atoms with Gasteiger partial charge in [-0.05, 0) is 43.5 Å². The molecule has 1 aliphatic rings. The number of nitrogens with zero attached hydrogens (tertiary/aromatic N) is 2. The van der Waals surface area contributed by atoms with Gasteiger partial charge in [-0.2, -0.15) is 0 Å². The molecule has 0 spiro atoms. The highest BCUT2D eigenvalue weighted by molar-refractivity contribution is 7.89. The van der Waals surface area contributed by atoms with Crippen LogP contribution in [0.3, 0.4) is 0 Å². The molecule has 8 nitrogen and oxygen atoms in total. The predicted molar refractivity (Wildman–Crippen MR) is 114 cm³/mol. The number of aromatic nitrogens is 1. The van der Waals surface area contributed by atoms with Crippen molar-refractivity contribution in [2.45, 2.75) is 26.3 Å². The van der Waals surface area contributed by atoms with Gasteiger partial charge in [0.15, 0.2) is 0 Å². The van der Waals surface area contributed by atoms with Gasteiger partial charge in [-0.1, -0.05) is 18.2 Å². The lowest BCUT2D eigenvalue weighted by Gasteiger charge is -2.31. The van der Waals surface area contributed by atoms with Crippen LogP contribution in [-0.4, -0.2) is 48.4 Å². The van der Waals surface area contributed by atoms with Crippen molar-refractivity contribution in [3.05, 3.63) is 59.9 Å². The fourth-order valence-corrected chi connectivity index (χ4v) is 4.58. The lowest BCUT2D eigenvalue weighted by Crippen LogP contribution is -2.44. The minimum Gasteiger partial charge on any atom is -0.348 e. The van der Waals surface area contributed by atoms with Crippen LogP contribution in [0.2, 0.25) is 0 Å². The van der Waals surface area contributed by atoms with Crippen molar-refractivity contribution in [1.29, 1.82) is 0 Å². The Morgan fingerprint density at radius 2 is 2.00 bits per heavy atom. The number of hydrogen-bond donors (Lipinski definition) is 2. The van der Waals surface area contributed by atoms with E-state index < -0.39 is 15.9 Å². The number of rotatable bonds is 7. The molecule has 1 fully saturated rings. The average molecular weight is 431 g/mol. The quantitative estimate of drug-likeness (QED) is 0.699. The standard InChI is InChI=1S/C21H26N4O4S/c1-2-30(28,29)25-12-6-8-17(15-25)20(26)24-19-10-4-3-9-18(19)21(27)23-14-16-7-5-11-22-13-16/h3-5,7,9-11,13,17H,2,6,8,12,14-15H2,1H3,(H,23,27)(H,24,26)/t17-/m0/s1. The highest BCUT2D eigenvalue weighted by Crippen LogP contribution is 2.22. The van der Waals surface area contributed by atoms with E-state index in [2.05, 4.69) is 15.6 Å². The van der Waals surface area contributed by atoms with Gasteiger partial charge in [0.05, 0.1) is 22.9 Å². The van der Waals surface area contributed by atoms with Crippen molar-refractivity contribution >= 4 is 27.5 Å². The van der Waals surface area contributed by atoms with E-state index in [4.69, 9.17) is 0 Å². The van der Waals surface area contributed by atoms with Gasteiger partial charge in [-0.15, -0.1) is 0 Å². The number of hydrogen-bond acceptors (Lipinski definition) is 5. The maximum absolute atomic E-state index is 12.8. The summed E-state index contributed by atoms with van der Waals surface area (Å²) in [7, 11) is -3.33. The van der Waals surface area contributed by atoms with Gasteiger partial charge < -0.3 is 10.6 Å². The van der Waals surface area contributed by atoms with Gasteiger partial charge in [-0.3, -0.25) is 14.6 Å². The maximum Gasteiger partial charge on any atom is 0.253 e. The van der Waals surface area contributed by atoms with Crippen LogP contribution in [0.5, 0.6) is 0 Å². The van der Waals surface area contributed by atoms with Crippen LogP contribution in [-0.2, 0) is 21.4 Å². The van der Waals surface area contributed by atoms with Crippen molar-refractivity contribution in [3.8, 4) is 0 Å². The summed E-state index contributed by atoms with van der Waals surface area (Å²) < 4.78 is 25.7. The number of nitrogens with one attached hydrogen (secondary N) is 2. The normalized spacial score (nSPS) is 17.3. The number of para-hydroxylation sites is 1. The molecule has 9 heteroatoms. The Morgan fingerprint density at radius 1 is 1.20 bits per heavy atom. The largest absolute Gasteiger partial charge is 0.348 e. The minimum atomic E-state index is -3.33. The van der Waals surface area contributed by atoms with Crippen LogP contribution < -0.4 is 10.6 Å². The lowest BCUT2D eigenvalue weighted by molar-refractivity contribution is -0.120. The Kier molecular flexibility index (Phi) is 7.17. The van der Waals surface area contributed by atoms with Crippen LogP contribution >= 0.6 is 0 Å². The van der Waals surface area contributed by atoms with E-state index in [1.54, 1.807) is 49.6 Å². The molecule has 2 heterocycles. The van der Waals surface area contributed by atoms with Crippen LogP contribution in [0.15, 0.2) is 48.8 Å². The molecule has 1 atom stereocenters. The second-order valence-electron chi connectivity index (χ2n) is 7.18. The number of pyridine rings is 1. The Hall–Kier alpha value is -2.78. The van der Waals surface area contributed by atoms with E-state index in [1.807, 2.05) is 6.07 Å². The molecule has 1 aromatic heterocycles. The topological polar surface area (TPSA) is 108 Å². The van der Waals surface area contributed by atoms with E-state index >= 15 is 0 Å². The number of benzene rings is 1. The molecule has 0 aliphatic carbocycles. The predicted octanol–water partition coefficient (Wildman–Crippen LogP) is 2.01. The summed E-state index contributed by atoms with van der Waals surface area (Å²) >= 11 is 0. The molecule has 0 radical (unpaired) electrons. The summed E-state index contributed by atoms with van der Waals surface area (Å²) in [5.41, 5.74) is 1.62. The van der Waals surface area contributed by atoms with Gasteiger partial charge in [0.25, 0.3) is 5.91 Å². The van der Waals surface area contributed by atoms with Crippen molar-refractivity contribution < 1.29 is 18.0 Å². The van der Waals surface area contributed by atoms with Crippen molar-refractivity contribution in [3.63, 3.8) is 0 Å². The highest BCUT2D eigenvalue weighted by atomic mass is 32.2. The van der Waals surface area contributed by atoms with Gasteiger partial charge in [0, 0.05) is 32.0 Å². The second-order valence-corrected chi connectivity index (χ2v) is 9.43. The number of carbonyl (C=O) groups is 2. The number of anilines is 1. The molecule has 1 saturated heterocycles. The molecule has 1 aromatic carbocycles. The Labute approximate surface area is 176 Å². The van der Waals surface area contributed by atoms with E-state index in [9.17, 15) is 18.0 Å². The van der Waals surface area contributed by atoms with E-state index in [0.717, 1.165) is 5.56 Å². The first-order valence-corrected chi connectivity index (χ1v) is 11.6. The molecule has 160 valence electrons. The number of piperidine rings is 1. The number of carbonyl (C=O) groups excluding carboxylic acids is 2. The third-order valence-corrected chi connectivity index (χ3v) is 6.97. The zero-order chi connectivity index (χ0) is 21.6. The first-order chi connectivity index (χ1) is 14.4. The summed E-state index contributed by atoms with van der Waals surface area (Å²) in [4.78, 5) is 29.5. The second kappa shape index (κ2) is 9.82. The Balaban J connectivity index is 1.66. The van der Waals surface area contributed by atoms with Gasteiger partial charge in [0.2, 0.25) is 15.9 Å². The number of sulfonamides is 1. The zero-order valence-electron chi connectivity index (χ0n) is 16.9. The Bertz CT molecular complexity index is 995. The van der Waals surface area contributed by atoms with Gasteiger partial charge >= 0.3 is 0 Å². The molecule has 3 rings (SSSR count). The van der Waals surface area contributed by atoms with Crippen LogP contribution in [0, 0.1) is 5.92 Å². The van der Waals surface area contributed by atoms with Crippen LogP contribution in [0.25, 0.3) is 0 Å². The molecule has 30 heavy (non-hydrogen) atoms. The van der Waals surface area contributed by atoms with Gasteiger partial charge in [0.1, 0.15) is 0 Å². The molecular formula is C21H26N4O4S. The summed E-state index contributed by atoms with van der Waals surface area (Å²) in [6.45, 7) is 2.52. The van der Waals surface area contributed by atoms with Crippen LogP contribution in [0.1, 0.15) is 35.7 Å². The maximum atomic E-state index is 12.8. The fraction of sp³-hybridized carbons (Fsp3) is 0.381. The highest BCUT2D eigenvalue weighted by Gasteiger charge is 2.31. The van der Waals surface area contributed by atoms with E-state index in [-0.39, 0.29) is 24.1 Å². The monoisotopic (exact) mass is 430 g/mol. The van der Waals surface area contributed by atoms with Gasteiger partial charge in [-0.25, -0.2) is 12.7 Å². The summed E-state index contributed by atoms with van der Waals surface area (Å²) in [6.07, 6.45) is 4.57. The molecular weight excluding hydrogens is 404 g/mol. The molecule has 1 aliphatic heterocycles. The molecule has 2 N–H and O–H groups in total. The summed E-state index contributed by atoms with van der Waals surface area (Å²) in [5.74, 6) is -1.03. The fourth-order valence-electron chi connectivity index (χ4n) is 3.40. The van der Waals surface area contributed by atoms with Crippen molar-refractivity contribution in [2.75, 3.05) is 24.2 Å². The van der Waals surface area contributed by atoms with Crippen molar-refractivity contribution in [1.82, 2.24) is 14.6 Å².